The standard InChI is InChI=1S/C17H15ClF4N2O2/c1-3-23(9-12-13(18)5-4-6-14(12)19)16-10(2)7-11(17(20,21)22)8-15(16)24(25)26/h4-8H,3,9H2,1-2H3. The van der Waals surface area contributed by atoms with Crippen molar-refractivity contribution in [2.75, 3.05) is 11.4 Å². The van der Waals surface area contributed by atoms with Gasteiger partial charge in [-0.2, -0.15) is 13.2 Å². The molecule has 0 unspecified atom stereocenters. The fourth-order valence-electron chi connectivity index (χ4n) is 2.70. The number of halogens is 5. The lowest BCUT2D eigenvalue weighted by Gasteiger charge is -2.26. The zero-order valence-electron chi connectivity index (χ0n) is 13.9. The number of nitro groups is 1. The number of nitro benzene ring substituents is 1. The zero-order valence-corrected chi connectivity index (χ0v) is 14.7. The van der Waals surface area contributed by atoms with Crippen LogP contribution in [0, 0.1) is 22.9 Å². The van der Waals surface area contributed by atoms with Gasteiger partial charge in [0.1, 0.15) is 11.5 Å². The number of nitrogens with zero attached hydrogens (tertiary/aromatic N) is 2. The summed E-state index contributed by atoms with van der Waals surface area (Å²) in [5, 5.41) is 11.5. The van der Waals surface area contributed by atoms with Crippen LogP contribution in [0.1, 0.15) is 23.6 Å². The second kappa shape index (κ2) is 7.49. The van der Waals surface area contributed by atoms with Crippen LogP contribution < -0.4 is 4.90 Å². The van der Waals surface area contributed by atoms with Crippen molar-refractivity contribution in [2.24, 2.45) is 0 Å². The molecule has 4 nitrogen and oxygen atoms in total. The van der Waals surface area contributed by atoms with Gasteiger partial charge in [-0.3, -0.25) is 10.1 Å². The number of rotatable bonds is 5. The molecule has 140 valence electrons. The van der Waals surface area contributed by atoms with Crippen molar-refractivity contribution in [3.05, 3.63) is 68.0 Å². The van der Waals surface area contributed by atoms with Gasteiger partial charge in [0.25, 0.3) is 5.69 Å². The third-order valence-electron chi connectivity index (χ3n) is 3.91. The molecule has 26 heavy (non-hydrogen) atoms. The Labute approximate surface area is 152 Å². The predicted molar refractivity (Wildman–Crippen MR) is 91.0 cm³/mol. The van der Waals surface area contributed by atoms with E-state index in [1.54, 1.807) is 6.92 Å². The van der Waals surface area contributed by atoms with Crippen molar-refractivity contribution in [3.8, 4) is 0 Å². The molecule has 9 heteroatoms. The third-order valence-corrected chi connectivity index (χ3v) is 4.27. The van der Waals surface area contributed by atoms with E-state index in [2.05, 4.69) is 0 Å². The molecule has 0 radical (unpaired) electrons. The van der Waals surface area contributed by atoms with Crippen molar-refractivity contribution >= 4 is 23.0 Å². The van der Waals surface area contributed by atoms with Gasteiger partial charge < -0.3 is 4.90 Å². The summed E-state index contributed by atoms with van der Waals surface area (Å²) in [6, 6.07) is 5.43. The van der Waals surface area contributed by atoms with E-state index in [1.807, 2.05) is 0 Å². The number of aryl methyl sites for hydroxylation is 1. The maximum absolute atomic E-state index is 14.0. The van der Waals surface area contributed by atoms with Crippen molar-refractivity contribution in [2.45, 2.75) is 26.6 Å². The van der Waals surface area contributed by atoms with Crippen LogP contribution in [-0.2, 0) is 12.7 Å². The Morgan fingerprint density at radius 2 is 1.92 bits per heavy atom. The lowest BCUT2D eigenvalue weighted by atomic mass is 10.0. The van der Waals surface area contributed by atoms with Gasteiger partial charge in [-0.05, 0) is 37.6 Å². The SMILES string of the molecule is CCN(Cc1c(F)cccc1Cl)c1c(C)cc(C(F)(F)F)cc1[N+](=O)[O-]. The first-order valence-corrected chi connectivity index (χ1v) is 7.98. The number of hydrogen-bond donors (Lipinski definition) is 0. The maximum Gasteiger partial charge on any atom is 0.416 e. The molecular formula is C17H15ClF4N2O2. The molecule has 0 spiro atoms. The average Bonchev–Trinajstić information content (AvgIpc) is 2.53. The van der Waals surface area contributed by atoms with Crippen molar-refractivity contribution in [3.63, 3.8) is 0 Å². The average molecular weight is 391 g/mol. The molecule has 0 aliphatic carbocycles. The molecule has 2 rings (SSSR count). The van der Waals surface area contributed by atoms with E-state index in [-0.39, 0.29) is 34.9 Å². The first kappa shape index (κ1) is 20.0. The molecule has 0 bridgehead atoms. The molecule has 0 amide bonds. The van der Waals surface area contributed by atoms with Gasteiger partial charge in [0.15, 0.2) is 0 Å². The highest BCUT2D eigenvalue weighted by molar-refractivity contribution is 6.31. The van der Waals surface area contributed by atoms with Gasteiger partial charge in [0.2, 0.25) is 0 Å². The highest BCUT2D eigenvalue weighted by atomic mass is 35.5. The van der Waals surface area contributed by atoms with Crippen LogP contribution >= 0.6 is 11.6 Å². The summed E-state index contributed by atoms with van der Waals surface area (Å²) in [7, 11) is 0. The number of anilines is 1. The molecule has 0 fully saturated rings. The fourth-order valence-corrected chi connectivity index (χ4v) is 2.92. The highest BCUT2D eigenvalue weighted by Crippen LogP contribution is 2.40. The molecule has 0 atom stereocenters. The number of hydrogen-bond acceptors (Lipinski definition) is 3. The minimum atomic E-state index is -4.71. The summed E-state index contributed by atoms with van der Waals surface area (Å²) in [5.41, 5.74) is -1.60. The highest BCUT2D eigenvalue weighted by Gasteiger charge is 2.35. The maximum atomic E-state index is 14.0. The molecule has 0 aromatic heterocycles. The summed E-state index contributed by atoms with van der Waals surface area (Å²) < 4.78 is 53.0. The molecule has 0 saturated carbocycles. The minimum Gasteiger partial charge on any atom is -0.362 e. The number of benzene rings is 2. The minimum absolute atomic E-state index is 0.00446. The van der Waals surface area contributed by atoms with Crippen LogP contribution in [0.2, 0.25) is 5.02 Å². The van der Waals surface area contributed by atoms with Crippen molar-refractivity contribution < 1.29 is 22.5 Å². The Morgan fingerprint density at radius 1 is 1.27 bits per heavy atom. The smallest absolute Gasteiger partial charge is 0.362 e. The molecule has 0 N–H and O–H groups in total. The number of alkyl halides is 3. The second-order valence-corrected chi connectivity index (χ2v) is 6.04. The van der Waals surface area contributed by atoms with Crippen LogP contribution in [0.5, 0.6) is 0 Å². The largest absolute Gasteiger partial charge is 0.416 e. The van der Waals surface area contributed by atoms with E-state index in [9.17, 15) is 27.7 Å². The molecule has 2 aromatic rings. The molecule has 0 heterocycles. The van der Waals surface area contributed by atoms with Crippen molar-refractivity contribution in [1.29, 1.82) is 0 Å². The van der Waals surface area contributed by atoms with Gasteiger partial charge >= 0.3 is 6.18 Å². The van der Waals surface area contributed by atoms with Gasteiger partial charge in [-0.15, -0.1) is 0 Å². The van der Waals surface area contributed by atoms with Gasteiger partial charge in [-0.1, -0.05) is 17.7 Å². The van der Waals surface area contributed by atoms with Crippen LogP contribution in [-0.4, -0.2) is 11.5 Å². The van der Waals surface area contributed by atoms with E-state index in [4.69, 9.17) is 11.6 Å². The Bertz CT molecular complexity index is 820. The Kier molecular flexibility index (Phi) is 5.75. The van der Waals surface area contributed by atoms with E-state index in [0.29, 0.717) is 6.07 Å². The normalized spacial score (nSPS) is 11.5. The van der Waals surface area contributed by atoms with Crippen molar-refractivity contribution in [1.82, 2.24) is 0 Å². The second-order valence-electron chi connectivity index (χ2n) is 5.63. The Hall–Kier alpha value is -2.35. The van der Waals surface area contributed by atoms with E-state index in [0.717, 1.165) is 6.07 Å². The fraction of sp³-hybridized carbons (Fsp3) is 0.294. The molecule has 2 aromatic carbocycles. The van der Waals surface area contributed by atoms with Gasteiger partial charge in [0.05, 0.1) is 10.5 Å². The van der Waals surface area contributed by atoms with Crippen LogP contribution in [0.4, 0.5) is 28.9 Å². The first-order valence-electron chi connectivity index (χ1n) is 7.60. The Balaban J connectivity index is 2.58. The molecular weight excluding hydrogens is 376 g/mol. The van der Waals surface area contributed by atoms with E-state index >= 15 is 0 Å². The van der Waals surface area contributed by atoms with E-state index < -0.39 is 28.2 Å². The van der Waals surface area contributed by atoms with Gasteiger partial charge in [0, 0.05) is 29.7 Å². The van der Waals surface area contributed by atoms with Crippen LogP contribution in [0.25, 0.3) is 0 Å². The lowest BCUT2D eigenvalue weighted by Crippen LogP contribution is -2.25. The third kappa shape index (κ3) is 4.07. The molecule has 0 aliphatic rings. The zero-order chi connectivity index (χ0) is 19.6. The van der Waals surface area contributed by atoms with E-state index in [1.165, 1.54) is 30.0 Å². The quantitative estimate of drug-likeness (QED) is 0.371. The van der Waals surface area contributed by atoms with Crippen LogP contribution in [0.3, 0.4) is 0 Å². The Morgan fingerprint density at radius 3 is 2.42 bits per heavy atom. The summed E-state index contributed by atoms with van der Waals surface area (Å²) in [5.74, 6) is -0.594. The summed E-state index contributed by atoms with van der Waals surface area (Å²) in [4.78, 5) is 11.9. The topological polar surface area (TPSA) is 46.4 Å². The summed E-state index contributed by atoms with van der Waals surface area (Å²) in [6.07, 6.45) is -4.71. The lowest BCUT2D eigenvalue weighted by molar-refractivity contribution is -0.384. The monoisotopic (exact) mass is 390 g/mol. The molecule has 0 saturated heterocycles. The van der Waals surface area contributed by atoms with Gasteiger partial charge in [-0.25, -0.2) is 4.39 Å². The summed E-state index contributed by atoms with van der Waals surface area (Å²) >= 11 is 6.00. The molecule has 0 aliphatic heterocycles. The first-order chi connectivity index (χ1) is 12.1. The summed E-state index contributed by atoms with van der Waals surface area (Å²) in [6.45, 7) is 3.10. The predicted octanol–water partition coefficient (Wildman–Crippen LogP) is 5.74. The van der Waals surface area contributed by atoms with Crippen LogP contribution in [0.15, 0.2) is 30.3 Å².